The Kier molecular flexibility index (Phi) is 4.30. The molecule has 21 heavy (non-hydrogen) atoms. The fourth-order valence-corrected chi connectivity index (χ4v) is 3.32. The molecule has 0 radical (unpaired) electrons. The number of aromatic hydroxyl groups is 1. The second kappa shape index (κ2) is 6.35. The zero-order valence-electron chi connectivity index (χ0n) is 12.7. The van der Waals surface area contributed by atoms with E-state index in [4.69, 9.17) is 4.74 Å². The summed E-state index contributed by atoms with van der Waals surface area (Å²) in [5.41, 5.74) is 1.06. The number of nitrogens with one attached hydrogen (secondary N) is 1. The lowest BCUT2D eigenvalue weighted by atomic mass is 10.0. The van der Waals surface area contributed by atoms with E-state index in [-0.39, 0.29) is 0 Å². The Morgan fingerprint density at radius 2 is 1.76 bits per heavy atom. The van der Waals surface area contributed by atoms with Gasteiger partial charge in [-0.25, -0.2) is 0 Å². The van der Waals surface area contributed by atoms with E-state index in [1.807, 2.05) is 24.3 Å². The highest BCUT2D eigenvalue weighted by Crippen LogP contribution is 2.29. The van der Waals surface area contributed by atoms with Crippen molar-refractivity contribution in [2.45, 2.75) is 32.2 Å². The van der Waals surface area contributed by atoms with Crippen LogP contribution in [0.3, 0.4) is 0 Å². The number of methoxy groups -OCH3 is 1. The third kappa shape index (κ3) is 3.13. The molecule has 3 heteroatoms. The lowest BCUT2D eigenvalue weighted by molar-refractivity contribution is -0.913. The second-order valence-electron chi connectivity index (χ2n) is 5.99. The van der Waals surface area contributed by atoms with Crippen LogP contribution >= 0.6 is 0 Å². The molecule has 2 aromatic carbocycles. The smallest absolute Gasteiger partial charge is 0.125 e. The van der Waals surface area contributed by atoms with Crippen LogP contribution in [0.5, 0.6) is 11.5 Å². The minimum absolute atomic E-state index is 0.410. The summed E-state index contributed by atoms with van der Waals surface area (Å²) in [5, 5.41) is 12.6. The van der Waals surface area contributed by atoms with Crippen molar-refractivity contribution in [3.8, 4) is 11.5 Å². The fourth-order valence-electron chi connectivity index (χ4n) is 3.32. The topological polar surface area (TPSA) is 33.9 Å². The number of hydrogen-bond acceptors (Lipinski definition) is 2. The summed E-state index contributed by atoms with van der Waals surface area (Å²) >= 11 is 0. The number of ether oxygens (including phenoxy) is 1. The molecule has 0 amide bonds. The molecule has 1 heterocycles. The van der Waals surface area contributed by atoms with Crippen LogP contribution in [0.25, 0.3) is 10.8 Å². The number of hydrogen-bond donors (Lipinski definition) is 2. The number of phenolic OH excluding ortho intramolecular Hbond substituents is 1. The third-order valence-electron chi connectivity index (χ3n) is 4.55. The Morgan fingerprint density at radius 3 is 2.48 bits per heavy atom. The van der Waals surface area contributed by atoms with Gasteiger partial charge >= 0.3 is 0 Å². The van der Waals surface area contributed by atoms with E-state index in [0.717, 1.165) is 28.6 Å². The standard InChI is InChI=1S/C18H23NO2/c1-21-15-8-6-14-7-9-18(20)17(16(14)12-15)13-19-10-4-2-3-5-11-19/h6-9,12,20H,2-5,10-11,13H2,1H3/p+1. The van der Waals surface area contributed by atoms with E-state index in [1.165, 1.54) is 38.8 Å². The largest absolute Gasteiger partial charge is 0.507 e. The van der Waals surface area contributed by atoms with Gasteiger partial charge in [0.2, 0.25) is 0 Å². The van der Waals surface area contributed by atoms with Crippen molar-refractivity contribution in [2.24, 2.45) is 0 Å². The molecular weight excluding hydrogens is 262 g/mol. The van der Waals surface area contributed by atoms with Crippen LogP contribution in [0.4, 0.5) is 0 Å². The maximum Gasteiger partial charge on any atom is 0.125 e. The van der Waals surface area contributed by atoms with Crippen LogP contribution < -0.4 is 9.64 Å². The van der Waals surface area contributed by atoms with Crippen LogP contribution in [0, 0.1) is 0 Å². The molecule has 3 nitrogen and oxygen atoms in total. The summed E-state index contributed by atoms with van der Waals surface area (Å²) < 4.78 is 5.34. The molecule has 1 fully saturated rings. The van der Waals surface area contributed by atoms with Gasteiger partial charge in [0.15, 0.2) is 0 Å². The first-order chi connectivity index (χ1) is 10.3. The number of benzene rings is 2. The third-order valence-corrected chi connectivity index (χ3v) is 4.55. The van der Waals surface area contributed by atoms with E-state index in [0.29, 0.717) is 5.75 Å². The second-order valence-corrected chi connectivity index (χ2v) is 5.99. The lowest BCUT2D eigenvalue weighted by Gasteiger charge is -2.19. The molecule has 0 unspecified atom stereocenters. The monoisotopic (exact) mass is 286 g/mol. The van der Waals surface area contributed by atoms with Gasteiger partial charge in [-0.1, -0.05) is 12.1 Å². The number of phenols is 1. The molecule has 0 aromatic heterocycles. The molecule has 3 rings (SSSR count). The minimum Gasteiger partial charge on any atom is -0.507 e. The number of fused-ring (bicyclic) bond motifs is 1. The maximum atomic E-state index is 10.3. The Bertz CT molecular complexity index is 616. The molecule has 1 aliphatic rings. The Labute approximate surface area is 126 Å². The average molecular weight is 286 g/mol. The van der Waals surface area contributed by atoms with Crippen LogP contribution in [-0.4, -0.2) is 25.3 Å². The van der Waals surface area contributed by atoms with Gasteiger partial charge in [-0.05, 0) is 54.7 Å². The van der Waals surface area contributed by atoms with Crippen LogP contribution in [0.2, 0.25) is 0 Å². The highest BCUT2D eigenvalue weighted by Gasteiger charge is 2.17. The molecule has 2 aromatic rings. The van der Waals surface area contributed by atoms with Gasteiger partial charge in [0.25, 0.3) is 0 Å². The Balaban J connectivity index is 1.96. The first-order valence-corrected chi connectivity index (χ1v) is 7.90. The Morgan fingerprint density at radius 1 is 1.05 bits per heavy atom. The van der Waals surface area contributed by atoms with E-state index in [1.54, 1.807) is 12.0 Å². The van der Waals surface area contributed by atoms with Crippen molar-refractivity contribution in [1.82, 2.24) is 0 Å². The Hall–Kier alpha value is -1.74. The molecule has 0 saturated carbocycles. The molecule has 0 bridgehead atoms. The lowest BCUT2D eigenvalue weighted by Crippen LogP contribution is -3.10. The first kappa shape index (κ1) is 14.2. The number of likely N-dealkylation sites (tertiary alicyclic amines) is 1. The van der Waals surface area contributed by atoms with Gasteiger partial charge in [-0.15, -0.1) is 0 Å². The minimum atomic E-state index is 0.410. The van der Waals surface area contributed by atoms with E-state index < -0.39 is 0 Å². The summed E-state index contributed by atoms with van der Waals surface area (Å²) in [6.45, 7) is 3.32. The highest BCUT2D eigenvalue weighted by atomic mass is 16.5. The fraction of sp³-hybridized carbons (Fsp3) is 0.444. The van der Waals surface area contributed by atoms with E-state index >= 15 is 0 Å². The van der Waals surface area contributed by atoms with Gasteiger partial charge in [0.05, 0.1) is 25.8 Å². The van der Waals surface area contributed by atoms with Gasteiger partial charge in [-0.2, -0.15) is 0 Å². The molecule has 112 valence electrons. The highest BCUT2D eigenvalue weighted by molar-refractivity contribution is 5.88. The van der Waals surface area contributed by atoms with Crippen molar-refractivity contribution < 1.29 is 14.7 Å². The maximum absolute atomic E-state index is 10.3. The van der Waals surface area contributed by atoms with Gasteiger partial charge < -0.3 is 14.7 Å². The van der Waals surface area contributed by atoms with Crippen LogP contribution in [0.1, 0.15) is 31.2 Å². The van der Waals surface area contributed by atoms with Crippen molar-refractivity contribution in [2.75, 3.05) is 20.2 Å². The van der Waals surface area contributed by atoms with Gasteiger partial charge in [0, 0.05) is 0 Å². The summed E-state index contributed by atoms with van der Waals surface area (Å²) in [6.07, 6.45) is 5.28. The summed E-state index contributed by atoms with van der Waals surface area (Å²) in [4.78, 5) is 1.58. The zero-order chi connectivity index (χ0) is 14.7. The van der Waals surface area contributed by atoms with Crippen LogP contribution in [0.15, 0.2) is 30.3 Å². The van der Waals surface area contributed by atoms with Gasteiger partial charge in [-0.3, -0.25) is 0 Å². The molecule has 0 spiro atoms. The summed E-state index contributed by atoms with van der Waals surface area (Å²) in [6, 6.07) is 9.88. The van der Waals surface area contributed by atoms with Crippen molar-refractivity contribution >= 4 is 10.8 Å². The van der Waals surface area contributed by atoms with E-state index in [2.05, 4.69) is 6.07 Å². The number of quaternary nitrogens is 1. The van der Waals surface area contributed by atoms with E-state index in [9.17, 15) is 5.11 Å². The molecule has 0 aliphatic carbocycles. The molecule has 1 saturated heterocycles. The first-order valence-electron chi connectivity index (χ1n) is 7.90. The van der Waals surface area contributed by atoms with Gasteiger partial charge in [0.1, 0.15) is 18.0 Å². The predicted octanol–water partition coefficient (Wildman–Crippen LogP) is 2.51. The normalized spacial score (nSPS) is 16.8. The average Bonchev–Trinajstić information content (AvgIpc) is 2.78. The summed E-state index contributed by atoms with van der Waals surface area (Å²) in [7, 11) is 1.68. The summed E-state index contributed by atoms with van der Waals surface area (Å²) in [5.74, 6) is 1.26. The van der Waals surface area contributed by atoms with Crippen molar-refractivity contribution in [3.05, 3.63) is 35.9 Å². The molecule has 1 aliphatic heterocycles. The quantitative estimate of drug-likeness (QED) is 0.909. The molecule has 0 atom stereocenters. The zero-order valence-corrected chi connectivity index (χ0v) is 12.7. The van der Waals surface area contributed by atoms with Crippen LogP contribution in [-0.2, 0) is 6.54 Å². The molecular formula is C18H24NO2+. The predicted molar refractivity (Wildman–Crippen MR) is 85.0 cm³/mol. The van der Waals surface area contributed by atoms with Crippen molar-refractivity contribution in [1.29, 1.82) is 0 Å². The molecule has 2 N–H and O–H groups in total. The van der Waals surface area contributed by atoms with Crippen molar-refractivity contribution in [3.63, 3.8) is 0 Å². The SMILES string of the molecule is COc1ccc2ccc(O)c(C[NH+]3CCCCCC3)c2c1. The number of rotatable bonds is 3.